The lowest BCUT2D eigenvalue weighted by Crippen LogP contribution is -2.21. The number of hydrogen-bond donors (Lipinski definition) is 1. The van der Waals surface area contributed by atoms with Crippen molar-refractivity contribution in [3.8, 4) is 0 Å². The van der Waals surface area contributed by atoms with E-state index in [4.69, 9.17) is 0 Å². The SMILES string of the molecule is CC(C)NCSc1ccc2c(c1)CCCC2. The Labute approximate surface area is 103 Å². The highest BCUT2D eigenvalue weighted by atomic mass is 32.2. The summed E-state index contributed by atoms with van der Waals surface area (Å²) >= 11 is 1.91. The number of thioether (sulfide) groups is 1. The minimum Gasteiger partial charge on any atom is -0.305 e. The third kappa shape index (κ3) is 3.26. The van der Waals surface area contributed by atoms with Gasteiger partial charge in [0.25, 0.3) is 0 Å². The molecule has 2 heteroatoms. The maximum absolute atomic E-state index is 3.44. The van der Waals surface area contributed by atoms with Crippen LogP contribution in [0, 0.1) is 0 Å². The van der Waals surface area contributed by atoms with Crippen molar-refractivity contribution < 1.29 is 0 Å². The fraction of sp³-hybridized carbons (Fsp3) is 0.571. The van der Waals surface area contributed by atoms with Crippen LogP contribution in [0.25, 0.3) is 0 Å². The van der Waals surface area contributed by atoms with Crippen LogP contribution in [0.15, 0.2) is 23.1 Å². The smallest absolute Gasteiger partial charge is 0.0467 e. The van der Waals surface area contributed by atoms with Crippen molar-refractivity contribution in [3.63, 3.8) is 0 Å². The number of aryl methyl sites for hydroxylation is 2. The molecule has 1 aromatic carbocycles. The van der Waals surface area contributed by atoms with Crippen LogP contribution in [0.4, 0.5) is 0 Å². The van der Waals surface area contributed by atoms with Crippen LogP contribution in [0.1, 0.15) is 37.8 Å². The molecule has 0 atom stereocenters. The quantitative estimate of drug-likeness (QED) is 0.632. The van der Waals surface area contributed by atoms with Crippen LogP contribution >= 0.6 is 11.8 Å². The molecule has 0 unspecified atom stereocenters. The van der Waals surface area contributed by atoms with Crippen molar-refractivity contribution in [2.75, 3.05) is 5.88 Å². The lowest BCUT2D eigenvalue weighted by atomic mass is 9.92. The number of nitrogens with one attached hydrogen (secondary N) is 1. The zero-order chi connectivity index (χ0) is 11.4. The zero-order valence-corrected chi connectivity index (χ0v) is 11.1. The van der Waals surface area contributed by atoms with Gasteiger partial charge in [-0.3, -0.25) is 0 Å². The third-order valence-corrected chi connectivity index (χ3v) is 3.95. The van der Waals surface area contributed by atoms with E-state index in [0.29, 0.717) is 6.04 Å². The van der Waals surface area contributed by atoms with Gasteiger partial charge in [-0.25, -0.2) is 0 Å². The second kappa shape index (κ2) is 5.74. The fourth-order valence-corrected chi connectivity index (χ4v) is 3.06. The number of benzene rings is 1. The minimum atomic E-state index is 0.574. The maximum Gasteiger partial charge on any atom is 0.0467 e. The summed E-state index contributed by atoms with van der Waals surface area (Å²) in [6.07, 6.45) is 5.30. The van der Waals surface area contributed by atoms with Crippen LogP contribution in [-0.4, -0.2) is 11.9 Å². The monoisotopic (exact) mass is 235 g/mol. The summed E-state index contributed by atoms with van der Waals surface area (Å²) in [7, 11) is 0. The predicted octanol–water partition coefficient (Wildman–Crippen LogP) is 3.61. The van der Waals surface area contributed by atoms with Gasteiger partial charge < -0.3 is 5.32 Å². The van der Waals surface area contributed by atoms with Crippen LogP contribution in [0.3, 0.4) is 0 Å². The maximum atomic E-state index is 3.44. The lowest BCUT2D eigenvalue weighted by molar-refractivity contribution is 0.654. The number of hydrogen-bond acceptors (Lipinski definition) is 2. The van der Waals surface area contributed by atoms with Crippen LogP contribution in [-0.2, 0) is 12.8 Å². The Morgan fingerprint density at radius 3 is 2.69 bits per heavy atom. The number of fused-ring (bicyclic) bond motifs is 1. The lowest BCUT2D eigenvalue weighted by Gasteiger charge is -2.16. The van der Waals surface area contributed by atoms with Gasteiger partial charge in [-0.05, 0) is 48.9 Å². The fourth-order valence-electron chi connectivity index (χ4n) is 2.09. The molecule has 0 amide bonds. The molecule has 0 spiro atoms. The average molecular weight is 235 g/mol. The Kier molecular flexibility index (Phi) is 4.30. The van der Waals surface area contributed by atoms with Crippen molar-refractivity contribution in [3.05, 3.63) is 29.3 Å². The highest BCUT2D eigenvalue weighted by Crippen LogP contribution is 2.26. The van der Waals surface area contributed by atoms with Gasteiger partial charge in [0.2, 0.25) is 0 Å². The molecular formula is C14H21NS. The first kappa shape index (κ1) is 12.0. The first-order valence-electron chi connectivity index (χ1n) is 6.23. The van der Waals surface area contributed by atoms with Gasteiger partial charge in [0, 0.05) is 16.8 Å². The summed E-state index contributed by atoms with van der Waals surface area (Å²) in [5.41, 5.74) is 3.16. The molecule has 1 nitrogen and oxygen atoms in total. The molecule has 0 saturated heterocycles. The normalized spacial score (nSPS) is 15.2. The summed E-state index contributed by atoms with van der Waals surface area (Å²) in [6, 6.07) is 7.56. The highest BCUT2D eigenvalue weighted by Gasteiger charge is 2.09. The molecule has 1 aliphatic carbocycles. The van der Waals surface area contributed by atoms with Crippen molar-refractivity contribution >= 4 is 11.8 Å². The molecular weight excluding hydrogens is 214 g/mol. The van der Waals surface area contributed by atoms with E-state index in [2.05, 4.69) is 37.4 Å². The average Bonchev–Trinajstić information content (AvgIpc) is 2.28. The molecule has 0 heterocycles. The van der Waals surface area contributed by atoms with E-state index in [0.717, 1.165) is 5.88 Å². The molecule has 1 aliphatic rings. The molecule has 0 saturated carbocycles. The Hall–Kier alpha value is -0.470. The van der Waals surface area contributed by atoms with Crippen molar-refractivity contribution in [2.24, 2.45) is 0 Å². The van der Waals surface area contributed by atoms with E-state index in [1.165, 1.54) is 30.6 Å². The number of rotatable bonds is 4. The van der Waals surface area contributed by atoms with Gasteiger partial charge in [-0.1, -0.05) is 19.9 Å². The van der Waals surface area contributed by atoms with E-state index in [1.54, 1.807) is 11.1 Å². The molecule has 2 rings (SSSR count). The van der Waals surface area contributed by atoms with Gasteiger partial charge in [-0.15, -0.1) is 11.8 Å². The molecule has 1 aromatic rings. The van der Waals surface area contributed by atoms with Crippen LogP contribution in [0.5, 0.6) is 0 Å². The molecule has 0 fully saturated rings. The molecule has 1 N–H and O–H groups in total. The first-order valence-corrected chi connectivity index (χ1v) is 7.22. The Bertz CT molecular complexity index is 347. The summed E-state index contributed by atoms with van der Waals surface area (Å²) in [4.78, 5) is 1.41. The zero-order valence-electron chi connectivity index (χ0n) is 10.3. The van der Waals surface area contributed by atoms with Crippen molar-refractivity contribution in [1.82, 2.24) is 5.32 Å². The summed E-state index contributed by atoms with van der Waals surface area (Å²) < 4.78 is 0. The molecule has 0 bridgehead atoms. The Morgan fingerprint density at radius 1 is 1.19 bits per heavy atom. The van der Waals surface area contributed by atoms with Crippen LogP contribution in [0.2, 0.25) is 0 Å². The summed E-state index contributed by atoms with van der Waals surface area (Å²) in [5, 5.41) is 3.44. The minimum absolute atomic E-state index is 0.574. The molecule has 0 radical (unpaired) electrons. The summed E-state index contributed by atoms with van der Waals surface area (Å²) in [5.74, 6) is 1.01. The third-order valence-electron chi connectivity index (χ3n) is 3.05. The Balaban J connectivity index is 1.95. The van der Waals surface area contributed by atoms with Gasteiger partial charge >= 0.3 is 0 Å². The molecule has 0 aliphatic heterocycles. The van der Waals surface area contributed by atoms with E-state index in [1.807, 2.05) is 11.8 Å². The van der Waals surface area contributed by atoms with Gasteiger partial charge in [-0.2, -0.15) is 0 Å². The highest BCUT2D eigenvalue weighted by molar-refractivity contribution is 7.99. The van der Waals surface area contributed by atoms with E-state index >= 15 is 0 Å². The van der Waals surface area contributed by atoms with E-state index in [9.17, 15) is 0 Å². The first-order chi connectivity index (χ1) is 7.75. The standard InChI is InChI=1S/C14H21NS/c1-11(2)15-10-16-14-8-7-12-5-3-4-6-13(12)9-14/h7-9,11,15H,3-6,10H2,1-2H3. The van der Waals surface area contributed by atoms with Gasteiger partial charge in [0.05, 0.1) is 0 Å². The second-order valence-electron chi connectivity index (χ2n) is 4.79. The van der Waals surface area contributed by atoms with Crippen LogP contribution < -0.4 is 5.32 Å². The molecule has 0 aromatic heterocycles. The molecule has 16 heavy (non-hydrogen) atoms. The van der Waals surface area contributed by atoms with Gasteiger partial charge in [0.1, 0.15) is 0 Å². The second-order valence-corrected chi connectivity index (χ2v) is 5.83. The predicted molar refractivity (Wildman–Crippen MR) is 72.1 cm³/mol. The van der Waals surface area contributed by atoms with E-state index < -0.39 is 0 Å². The van der Waals surface area contributed by atoms with Gasteiger partial charge in [0.15, 0.2) is 0 Å². The van der Waals surface area contributed by atoms with Crippen molar-refractivity contribution in [1.29, 1.82) is 0 Å². The van der Waals surface area contributed by atoms with Crippen molar-refractivity contribution in [2.45, 2.75) is 50.5 Å². The topological polar surface area (TPSA) is 12.0 Å². The molecule has 88 valence electrons. The summed E-state index contributed by atoms with van der Waals surface area (Å²) in [6.45, 7) is 4.38. The Morgan fingerprint density at radius 2 is 1.94 bits per heavy atom. The van der Waals surface area contributed by atoms with E-state index in [-0.39, 0.29) is 0 Å². The largest absolute Gasteiger partial charge is 0.305 e.